The zero-order valence-electron chi connectivity index (χ0n) is 8.20. The van der Waals surface area contributed by atoms with E-state index < -0.39 is 15.4 Å². The fourth-order valence-corrected chi connectivity index (χ4v) is 3.49. The van der Waals surface area contributed by atoms with E-state index in [1.165, 1.54) is 12.3 Å². The van der Waals surface area contributed by atoms with Crippen LogP contribution < -0.4 is 0 Å². The molecule has 1 aromatic rings. The predicted octanol–water partition coefficient (Wildman–Crippen LogP) is 1.83. The highest BCUT2D eigenvalue weighted by Gasteiger charge is 2.42. The first-order chi connectivity index (χ1) is 6.83. The molecule has 1 aliphatic rings. The van der Waals surface area contributed by atoms with Gasteiger partial charge in [-0.05, 0) is 46.5 Å². The van der Waals surface area contributed by atoms with Crippen molar-refractivity contribution in [2.45, 2.75) is 23.3 Å². The van der Waals surface area contributed by atoms with Crippen LogP contribution in [-0.2, 0) is 15.4 Å². The first-order valence-corrected chi connectivity index (χ1v) is 7.24. The maximum Gasteiger partial charge on any atom is 0.176 e. The predicted molar refractivity (Wildman–Crippen MR) is 60.4 cm³/mol. The van der Waals surface area contributed by atoms with Gasteiger partial charge < -0.3 is 5.11 Å². The lowest BCUT2D eigenvalue weighted by molar-refractivity contribution is 0.151. The minimum Gasteiger partial charge on any atom is -0.385 e. The fourth-order valence-electron chi connectivity index (χ4n) is 1.50. The summed E-state index contributed by atoms with van der Waals surface area (Å²) in [6.07, 6.45) is 2.66. The maximum absolute atomic E-state index is 11.3. The van der Waals surface area contributed by atoms with Crippen molar-refractivity contribution in [3.05, 3.63) is 28.2 Å². The standard InChI is InChI=1S/C10H11BrO3S/c1-15(13,14)9-3-2-7(6-8(9)11)10(12)4-5-10/h2-3,6,12H,4-5H2,1H3. The second kappa shape index (κ2) is 3.30. The van der Waals surface area contributed by atoms with E-state index in [4.69, 9.17) is 0 Å². The van der Waals surface area contributed by atoms with Crippen LogP contribution in [0.5, 0.6) is 0 Å². The van der Waals surface area contributed by atoms with Crippen molar-refractivity contribution in [1.82, 2.24) is 0 Å². The van der Waals surface area contributed by atoms with Crippen LogP contribution in [0.15, 0.2) is 27.6 Å². The van der Waals surface area contributed by atoms with Gasteiger partial charge in [0.2, 0.25) is 0 Å². The van der Waals surface area contributed by atoms with Crippen LogP contribution in [0.1, 0.15) is 18.4 Å². The lowest BCUT2D eigenvalue weighted by Crippen LogP contribution is -2.06. The first kappa shape index (κ1) is 11.1. The summed E-state index contributed by atoms with van der Waals surface area (Å²) in [6, 6.07) is 4.89. The molecule has 5 heteroatoms. The number of sulfone groups is 1. The quantitative estimate of drug-likeness (QED) is 0.904. The van der Waals surface area contributed by atoms with Crippen LogP contribution in [0.3, 0.4) is 0 Å². The Morgan fingerprint density at radius 1 is 1.40 bits per heavy atom. The Bertz CT molecular complexity index is 503. The van der Waals surface area contributed by atoms with Gasteiger partial charge in [-0.2, -0.15) is 0 Å². The van der Waals surface area contributed by atoms with E-state index in [9.17, 15) is 13.5 Å². The highest BCUT2D eigenvalue weighted by molar-refractivity contribution is 9.10. The van der Waals surface area contributed by atoms with Crippen LogP contribution >= 0.6 is 15.9 Å². The van der Waals surface area contributed by atoms with Crippen molar-refractivity contribution in [2.75, 3.05) is 6.26 Å². The molecule has 0 spiro atoms. The third-order valence-corrected chi connectivity index (χ3v) is 4.67. The zero-order valence-corrected chi connectivity index (χ0v) is 10.6. The van der Waals surface area contributed by atoms with E-state index in [2.05, 4.69) is 15.9 Å². The van der Waals surface area contributed by atoms with Gasteiger partial charge in [0, 0.05) is 10.7 Å². The van der Waals surface area contributed by atoms with Crippen molar-refractivity contribution in [1.29, 1.82) is 0 Å². The third-order valence-electron chi connectivity index (χ3n) is 2.59. The van der Waals surface area contributed by atoms with Gasteiger partial charge in [0.05, 0.1) is 10.5 Å². The molecule has 0 saturated heterocycles. The number of rotatable bonds is 2. The fraction of sp³-hybridized carbons (Fsp3) is 0.400. The van der Waals surface area contributed by atoms with Crippen molar-refractivity contribution >= 4 is 25.8 Å². The minimum absolute atomic E-state index is 0.260. The van der Waals surface area contributed by atoms with Crippen molar-refractivity contribution in [2.24, 2.45) is 0 Å². The number of benzene rings is 1. The lowest BCUT2D eigenvalue weighted by Gasteiger charge is -2.10. The van der Waals surface area contributed by atoms with Gasteiger partial charge in [-0.15, -0.1) is 0 Å². The van der Waals surface area contributed by atoms with Crippen LogP contribution in [0.4, 0.5) is 0 Å². The van der Waals surface area contributed by atoms with Gasteiger partial charge in [-0.1, -0.05) is 6.07 Å². The Kier molecular flexibility index (Phi) is 2.44. The molecule has 1 N–H and O–H groups in total. The molecular formula is C10H11BrO3S. The average Bonchev–Trinajstić information content (AvgIpc) is 2.82. The highest BCUT2D eigenvalue weighted by Crippen LogP contribution is 2.46. The van der Waals surface area contributed by atoms with Crippen molar-refractivity contribution < 1.29 is 13.5 Å². The highest BCUT2D eigenvalue weighted by atomic mass is 79.9. The van der Waals surface area contributed by atoms with E-state index in [0.717, 1.165) is 18.4 Å². The normalized spacial score (nSPS) is 18.9. The largest absolute Gasteiger partial charge is 0.385 e. The topological polar surface area (TPSA) is 54.4 Å². The van der Waals surface area contributed by atoms with Crippen LogP contribution in [0.25, 0.3) is 0 Å². The smallest absolute Gasteiger partial charge is 0.176 e. The van der Waals surface area contributed by atoms with Gasteiger partial charge in [0.15, 0.2) is 9.84 Å². The van der Waals surface area contributed by atoms with Crippen LogP contribution in [-0.4, -0.2) is 19.8 Å². The Morgan fingerprint density at radius 2 is 2.00 bits per heavy atom. The lowest BCUT2D eigenvalue weighted by atomic mass is 10.1. The molecule has 1 fully saturated rings. The molecule has 0 atom stereocenters. The molecule has 1 aromatic carbocycles. The van der Waals surface area contributed by atoms with Crippen molar-refractivity contribution in [3.8, 4) is 0 Å². The number of aliphatic hydroxyl groups is 1. The van der Waals surface area contributed by atoms with E-state index in [1.54, 1.807) is 12.1 Å². The van der Waals surface area contributed by atoms with E-state index in [-0.39, 0.29) is 4.90 Å². The molecule has 0 amide bonds. The SMILES string of the molecule is CS(=O)(=O)c1ccc(C2(O)CC2)cc1Br. The molecule has 82 valence electrons. The van der Waals surface area contributed by atoms with Gasteiger partial charge >= 0.3 is 0 Å². The van der Waals surface area contributed by atoms with E-state index >= 15 is 0 Å². The molecule has 3 nitrogen and oxygen atoms in total. The number of hydrogen-bond acceptors (Lipinski definition) is 3. The molecule has 1 saturated carbocycles. The van der Waals surface area contributed by atoms with Gasteiger partial charge in [0.1, 0.15) is 0 Å². The Hall–Kier alpha value is -0.390. The van der Waals surface area contributed by atoms with E-state index in [0.29, 0.717) is 4.47 Å². The molecule has 1 aliphatic carbocycles. The third kappa shape index (κ3) is 2.09. The molecule has 2 rings (SSSR count). The Morgan fingerprint density at radius 3 is 2.40 bits per heavy atom. The Labute approximate surface area is 97.2 Å². The van der Waals surface area contributed by atoms with Crippen LogP contribution in [0, 0.1) is 0 Å². The summed E-state index contributed by atoms with van der Waals surface area (Å²) in [7, 11) is -3.20. The average molecular weight is 291 g/mol. The molecule has 0 heterocycles. The maximum atomic E-state index is 11.3. The number of hydrogen-bond donors (Lipinski definition) is 1. The minimum atomic E-state index is -3.20. The summed E-state index contributed by atoms with van der Waals surface area (Å²) >= 11 is 3.21. The molecule has 0 aliphatic heterocycles. The molecule has 0 bridgehead atoms. The monoisotopic (exact) mass is 290 g/mol. The molecule has 0 unspecified atom stereocenters. The van der Waals surface area contributed by atoms with Gasteiger partial charge in [-0.25, -0.2) is 8.42 Å². The summed E-state index contributed by atoms with van der Waals surface area (Å²) in [5, 5.41) is 9.85. The van der Waals surface area contributed by atoms with Crippen LogP contribution in [0.2, 0.25) is 0 Å². The van der Waals surface area contributed by atoms with Crippen molar-refractivity contribution in [3.63, 3.8) is 0 Å². The molecular weight excluding hydrogens is 280 g/mol. The van der Waals surface area contributed by atoms with Gasteiger partial charge in [-0.3, -0.25) is 0 Å². The molecule has 0 aromatic heterocycles. The zero-order chi connectivity index (χ0) is 11.3. The molecule has 15 heavy (non-hydrogen) atoms. The summed E-state index contributed by atoms with van der Waals surface area (Å²) < 4.78 is 23.2. The first-order valence-electron chi connectivity index (χ1n) is 4.55. The second-order valence-corrected chi connectivity index (χ2v) is 6.79. The summed E-state index contributed by atoms with van der Waals surface area (Å²) in [4.78, 5) is 0.260. The molecule has 0 radical (unpaired) electrons. The van der Waals surface area contributed by atoms with Gasteiger partial charge in [0.25, 0.3) is 0 Å². The summed E-state index contributed by atoms with van der Waals surface area (Å²) in [5.74, 6) is 0. The van der Waals surface area contributed by atoms with E-state index in [1.807, 2.05) is 0 Å². The second-order valence-electron chi connectivity index (χ2n) is 3.95. The summed E-state index contributed by atoms with van der Waals surface area (Å²) in [6.45, 7) is 0. The summed E-state index contributed by atoms with van der Waals surface area (Å²) in [5.41, 5.74) is 0.0558. The Balaban J connectivity index is 2.49. The number of halogens is 1.